The number of aryl methyl sites for hydroxylation is 1. The fourth-order valence-corrected chi connectivity index (χ4v) is 2.71. The number of aromatic nitrogens is 2. The Morgan fingerprint density at radius 3 is 2.52 bits per heavy atom. The molecule has 0 saturated carbocycles. The van der Waals surface area contributed by atoms with Gasteiger partial charge in [-0.1, -0.05) is 20.8 Å². The summed E-state index contributed by atoms with van der Waals surface area (Å²) < 4.78 is 0. The number of nitrogens with zero attached hydrogens (tertiary/aromatic N) is 4. The molecule has 1 saturated heterocycles. The van der Waals surface area contributed by atoms with Gasteiger partial charge >= 0.3 is 0 Å². The Balaban J connectivity index is 1.92. The summed E-state index contributed by atoms with van der Waals surface area (Å²) in [5.74, 6) is 1.62. The van der Waals surface area contributed by atoms with Crippen LogP contribution in [0.5, 0.6) is 0 Å². The Labute approximate surface area is 128 Å². The van der Waals surface area contributed by atoms with Crippen LogP contribution in [0.2, 0.25) is 0 Å². The van der Waals surface area contributed by atoms with Gasteiger partial charge in [0.25, 0.3) is 0 Å². The second-order valence-corrected chi connectivity index (χ2v) is 6.24. The lowest BCUT2D eigenvalue weighted by atomic mass is 10.2. The molecule has 1 aromatic heterocycles. The number of anilines is 1. The number of rotatable bonds is 6. The average Bonchev–Trinajstić information content (AvgIpc) is 2.46. The van der Waals surface area contributed by atoms with Gasteiger partial charge in [0.2, 0.25) is 5.95 Å². The molecule has 1 fully saturated rings. The predicted octanol–water partition coefficient (Wildman–Crippen LogP) is 1.67. The summed E-state index contributed by atoms with van der Waals surface area (Å²) in [6, 6.07) is 0. The van der Waals surface area contributed by atoms with Gasteiger partial charge in [0.15, 0.2) is 0 Å². The van der Waals surface area contributed by atoms with Crippen molar-refractivity contribution in [3.8, 4) is 0 Å². The van der Waals surface area contributed by atoms with Crippen molar-refractivity contribution >= 4 is 5.95 Å². The van der Waals surface area contributed by atoms with Crippen LogP contribution in [0.25, 0.3) is 0 Å². The van der Waals surface area contributed by atoms with Gasteiger partial charge in [-0.3, -0.25) is 4.90 Å². The molecule has 0 atom stereocenters. The van der Waals surface area contributed by atoms with E-state index in [2.05, 4.69) is 47.8 Å². The van der Waals surface area contributed by atoms with Crippen LogP contribution in [-0.4, -0.2) is 54.1 Å². The van der Waals surface area contributed by atoms with Crippen molar-refractivity contribution in [1.29, 1.82) is 0 Å². The number of hydrogen-bond acceptors (Lipinski definition) is 5. The molecule has 0 aromatic carbocycles. The highest BCUT2D eigenvalue weighted by Gasteiger charge is 2.19. The van der Waals surface area contributed by atoms with Crippen molar-refractivity contribution in [2.24, 2.45) is 5.92 Å². The zero-order valence-electron chi connectivity index (χ0n) is 13.9. The molecule has 0 bridgehead atoms. The van der Waals surface area contributed by atoms with Crippen molar-refractivity contribution < 1.29 is 0 Å². The lowest BCUT2D eigenvalue weighted by Gasteiger charge is -2.35. The van der Waals surface area contributed by atoms with E-state index in [4.69, 9.17) is 4.98 Å². The molecule has 0 unspecified atom stereocenters. The SMILES string of the molecule is CCNCc1cnc(N2CCN(CC(C)C)CC2)nc1C. The fourth-order valence-electron chi connectivity index (χ4n) is 2.71. The van der Waals surface area contributed by atoms with Crippen molar-refractivity contribution in [3.05, 3.63) is 17.5 Å². The maximum Gasteiger partial charge on any atom is 0.225 e. The van der Waals surface area contributed by atoms with Crippen LogP contribution in [0.15, 0.2) is 6.20 Å². The van der Waals surface area contributed by atoms with E-state index < -0.39 is 0 Å². The molecule has 5 nitrogen and oxygen atoms in total. The third-order valence-electron chi connectivity index (χ3n) is 3.91. The van der Waals surface area contributed by atoms with Crippen molar-refractivity contribution in [2.45, 2.75) is 34.2 Å². The third kappa shape index (κ3) is 4.64. The van der Waals surface area contributed by atoms with Gasteiger partial charge in [0, 0.05) is 56.7 Å². The van der Waals surface area contributed by atoms with E-state index in [0.29, 0.717) is 0 Å². The average molecular weight is 291 g/mol. The lowest BCUT2D eigenvalue weighted by Crippen LogP contribution is -2.48. The maximum absolute atomic E-state index is 4.69. The Morgan fingerprint density at radius 2 is 1.95 bits per heavy atom. The standard InChI is InChI=1S/C16H29N5/c1-5-17-10-15-11-18-16(19-14(15)4)21-8-6-20(7-9-21)12-13(2)3/h11,13,17H,5-10,12H2,1-4H3. The molecule has 21 heavy (non-hydrogen) atoms. The van der Waals surface area contributed by atoms with Gasteiger partial charge < -0.3 is 10.2 Å². The molecular formula is C16H29N5. The summed E-state index contributed by atoms with van der Waals surface area (Å²) in [7, 11) is 0. The summed E-state index contributed by atoms with van der Waals surface area (Å²) in [4.78, 5) is 14.1. The van der Waals surface area contributed by atoms with Crippen LogP contribution in [0.4, 0.5) is 5.95 Å². The maximum atomic E-state index is 4.69. The minimum atomic E-state index is 0.736. The molecule has 118 valence electrons. The first-order chi connectivity index (χ1) is 10.1. The molecule has 2 rings (SSSR count). The van der Waals surface area contributed by atoms with Gasteiger partial charge in [-0.25, -0.2) is 9.97 Å². The van der Waals surface area contributed by atoms with Gasteiger partial charge in [-0.15, -0.1) is 0 Å². The zero-order valence-corrected chi connectivity index (χ0v) is 13.9. The summed E-state index contributed by atoms with van der Waals surface area (Å²) >= 11 is 0. The Hall–Kier alpha value is -1.20. The molecule has 5 heteroatoms. The topological polar surface area (TPSA) is 44.3 Å². The van der Waals surface area contributed by atoms with Crippen LogP contribution in [-0.2, 0) is 6.54 Å². The molecule has 0 radical (unpaired) electrons. The first-order valence-corrected chi connectivity index (χ1v) is 8.10. The smallest absolute Gasteiger partial charge is 0.225 e. The predicted molar refractivity (Wildman–Crippen MR) is 87.6 cm³/mol. The minimum absolute atomic E-state index is 0.736. The van der Waals surface area contributed by atoms with E-state index in [-0.39, 0.29) is 0 Å². The number of piperazine rings is 1. The first kappa shape index (κ1) is 16.2. The van der Waals surface area contributed by atoms with Crippen molar-refractivity contribution in [1.82, 2.24) is 20.2 Å². The van der Waals surface area contributed by atoms with Crippen LogP contribution >= 0.6 is 0 Å². The van der Waals surface area contributed by atoms with E-state index in [1.165, 1.54) is 12.1 Å². The molecule has 0 amide bonds. The summed E-state index contributed by atoms with van der Waals surface area (Å²) in [5, 5.41) is 3.33. The van der Waals surface area contributed by atoms with Crippen LogP contribution in [0.1, 0.15) is 32.0 Å². The highest BCUT2D eigenvalue weighted by molar-refractivity contribution is 5.33. The molecule has 1 aliphatic rings. The number of nitrogens with one attached hydrogen (secondary N) is 1. The highest BCUT2D eigenvalue weighted by atomic mass is 15.3. The molecular weight excluding hydrogens is 262 g/mol. The molecule has 1 aliphatic heterocycles. The van der Waals surface area contributed by atoms with E-state index >= 15 is 0 Å². The summed E-state index contributed by atoms with van der Waals surface area (Å²) in [5.41, 5.74) is 2.28. The molecule has 2 heterocycles. The summed E-state index contributed by atoms with van der Waals surface area (Å²) in [6.07, 6.45) is 1.97. The van der Waals surface area contributed by atoms with Crippen molar-refractivity contribution in [3.63, 3.8) is 0 Å². The van der Waals surface area contributed by atoms with Crippen LogP contribution in [0, 0.1) is 12.8 Å². The minimum Gasteiger partial charge on any atom is -0.338 e. The van der Waals surface area contributed by atoms with Crippen molar-refractivity contribution in [2.75, 3.05) is 44.2 Å². The van der Waals surface area contributed by atoms with Gasteiger partial charge in [0.05, 0.1) is 0 Å². The van der Waals surface area contributed by atoms with Gasteiger partial charge in [-0.05, 0) is 19.4 Å². The summed E-state index contributed by atoms with van der Waals surface area (Å²) in [6.45, 7) is 16.0. The molecule has 0 spiro atoms. The Bertz CT molecular complexity index is 438. The lowest BCUT2D eigenvalue weighted by molar-refractivity contribution is 0.230. The van der Waals surface area contributed by atoms with E-state index in [9.17, 15) is 0 Å². The van der Waals surface area contributed by atoms with Crippen LogP contribution < -0.4 is 10.2 Å². The van der Waals surface area contributed by atoms with E-state index in [1.807, 2.05) is 6.20 Å². The fraction of sp³-hybridized carbons (Fsp3) is 0.750. The largest absolute Gasteiger partial charge is 0.338 e. The van der Waals surface area contributed by atoms with E-state index in [0.717, 1.165) is 56.8 Å². The van der Waals surface area contributed by atoms with Gasteiger partial charge in [0.1, 0.15) is 0 Å². The second kappa shape index (κ2) is 7.71. The molecule has 1 N–H and O–H groups in total. The Kier molecular flexibility index (Phi) is 5.94. The normalized spacial score (nSPS) is 16.7. The molecule has 0 aliphatic carbocycles. The molecule has 1 aromatic rings. The Morgan fingerprint density at radius 1 is 1.24 bits per heavy atom. The van der Waals surface area contributed by atoms with Gasteiger partial charge in [-0.2, -0.15) is 0 Å². The zero-order chi connectivity index (χ0) is 15.2. The first-order valence-electron chi connectivity index (χ1n) is 8.10. The highest BCUT2D eigenvalue weighted by Crippen LogP contribution is 2.14. The second-order valence-electron chi connectivity index (χ2n) is 6.24. The monoisotopic (exact) mass is 291 g/mol. The van der Waals surface area contributed by atoms with Crippen LogP contribution in [0.3, 0.4) is 0 Å². The number of hydrogen-bond donors (Lipinski definition) is 1. The van der Waals surface area contributed by atoms with E-state index in [1.54, 1.807) is 0 Å². The quantitative estimate of drug-likeness (QED) is 0.864. The third-order valence-corrected chi connectivity index (χ3v) is 3.91.